The molecule has 1 fully saturated rings. The number of ketones is 1. The molecule has 3 nitrogen and oxygen atoms in total. The van der Waals surface area contributed by atoms with Gasteiger partial charge in [-0.25, -0.2) is 0 Å². The van der Waals surface area contributed by atoms with Crippen LogP contribution >= 0.6 is 0 Å². The van der Waals surface area contributed by atoms with Crippen LogP contribution in [-0.2, 0) is 18.3 Å². The number of anilines is 1. The fourth-order valence-electron chi connectivity index (χ4n) is 6.47. The van der Waals surface area contributed by atoms with Gasteiger partial charge < -0.3 is 10.8 Å². The SMILES string of the molecule is CCC[C@@]1(O)CC[C@@]2(CC)c3ccc(C(=O)Cc4ccccc4N)cc3CCC[C@H]2C1. The van der Waals surface area contributed by atoms with Crippen LogP contribution in [0.4, 0.5) is 5.69 Å². The zero-order valence-corrected chi connectivity index (χ0v) is 19.1. The minimum absolute atomic E-state index is 0.132. The second-order valence-corrected chi connectivity index (χ2v) is 9.95. The first kappa shape index (κ1) is 22.1. The number of nitrogen functional groups attached to an aromatic ring is 1. The highest BCUT2D eigenvalue weighted by Crippen LogP contribution is 2.54. The van der Waals surface area contributed by atoms with E-state index in [1.54, 1.807) is 0 Å². The van der Waals surface area contributed by atoms with E-state index in [0.717, 1.165) is 62.5 Å². The van der Waals surface area contributed by atoms with Crippen LogP contribution in [0.3, 0.4) is 0 Å². The molecule has 3 heteroatoms. The van der Waals surface area contributed by atoms with Gasteiger partial charge in [0.1, 0.15) is 0 Å². The van der Waals surface area contributed by atoms with E-state index in [-0.39, 0.29) is 11.2 Å². The van der Waals surface area contributed by atoms with Crippen molar-refractivity contribution in [3.8, 4) is 0 Å². The van der Waals surface area contributed by atoms with Gasteiger partial charge in [0.15, 0.2) is 5.78 Å². The Morgan fingerprint density at radius 1 is 1.16 bits per heavy atom. The van der Waals surface area contributed by atoms with Gasteiger partial charge in [-0.05, 0) is 91.5 Å². The minimum atomic E-state index is -0.492. The van der Waals surface area contributed by atoms with Crippen LogP contribution in [-0.4, -0.2) is 16.5 Å². The molecule has 166 valence electrons. The molecule has 2 aromatic carbocycles. The van der Waals surface area contributed by atoms with Crippen molar-refractivity contribution in [1.82, 2.24) is 0 Å². The van der Waals surface area contributed by atoms with Crippen molar-refractivity contribution in [3.05, 3.63) is 64.7 Å². The molecule has 0 heterocycles. The van der Waals surface area contributed by atoms with Crippen molar-refractivity contribution >= 4 is 11.5 Å². The van der Waals surface area contributed by atoms with Gasteiger partial charge in [-0.2, -0.15) is 0 Å². The normalized spacial score (nSPS) is 27.8. The van der Waals surface area contributed by atoms with E-state index < -0.39 is 5.60 Å². The lowest BCUT2D eigenvalue weighted by atomic mass is 9.56. The number of hydrogen-bond acceptors (Lipinski definition) is 3. The number of nitrogens with two attached hydrogens (primary N) is 1. The molecule has 0 radical (unpaired) electrons. The van der Waals surface area contributed by atoms with Gasteiger partial charge in [0.05, 0.1) is 5.60 Å². The molecule has 2 aromatic rings. The Balaban J connectivity index is 1.63. The summed E-state index contributed by atoms with van der Waals surface area (Å²) in [7, 11) is 0. The number of aryl methyl sites for hydroxylation is 1. The summed E-state index contributed by atoms with van der Waals surface area (Å²) < 4.78 is 0. The number of benzene rings is 2. The molecular formula is C28H37NO2. The van der Waals surface area contributed by atoms with Crippen LogP contribution in [0.2, 0.25) is 0 Å². The maximum atomic E-state index is 13.0. The Kier molecular flexibility index (Phi) is 6.25. The Hall–Kier alpha value is -2.13. The summed E-state index contributed by atoms with van der Waals surface area (Å²) in [6.45, 7) is 4.48. The van der Waals surface area contributed by atoms with Gasteiger partial charge in [0.25, 0.3) is 0 Å². The highest BCUT2D eigenvalue weighted by Gasteiger charge is 2.49. The predicted octanol–water partition coefficient (Wildman–Crippen LogP) is 6.01. The van der Waals surface area contributed by atoms with Gasteiger partial charge in [0.2, 0.25) is 0 Å². The van der Waals surface area contributed by atoms with Crippen LogP contribution in [0.1, 0.15) is 92.3 Å². The van der Waals surface area contributed by atoms with E-state index >= 15 is 0 Å². The van der Waals surface area contributed by atoms with Crippen LogP contribution in [0.15, 0.2) is 42.5 Å². The van der Waals surface area contributed by atoms with Crippen molar-refractivity contribution in [2.24, 2.45) is 5.92 Å². The lowest BCUT2D eigenvalue weighted by Crippen LogP contribution is -2.47. The average Bonchev–Trinajstić information content (AvgIpc) is 2.91. The third-order valence-electron chi connectivity index (χ3n) is 8.16. The van der Waals surface area contributed by atoms with Crippen molar-refractivity contribution in [1.29, 1.82) is 0 Å². The fourth-order valence-corrected chi connectivity index (χ4v) is 6.47. The highest BCUT2D eigenvalue weighted by atomic mass is 16.3. The van der Waals surface area contributed by atoms with Gasteiger partial charge in [-0.1, -0.05) is 50.6 Å². The Labute approximate surface area is 187 Å². The zero-order chi connectivity index (χ0) is 22.1. The maximum Gasteiger partial charge on any atom is 0.167 e. The third-order valence-corrected chi connectivity index (χ3v) is 8.16. The van der Waals surface area contributed by atoms with E-state index in [1.165, 1.54) is 17.5 Å². The summed E-state index contributed by atoms with van der Waals surface area (Å²) in [6.07, 6.45) is 9.56. The van der Waals surface area contributed by atoms with Crippen molar-refractivity contribution in [3.63, 3.8) is 0 Å². The molecule has 0 aromatic heterocycles. The molecule has 0 unspecified atom stereocenters. The number of fused-ring (bicyclic) bond motifs is 3. The number of Topliss-reactive ketones (excluding diaryl/α,β-unsaturated/α-hetero) is 1. The summed E-state index contributed by atoms with van der Waals surface area (Å²) in [4.78, 5) is 13.0. The van der Waals surface area contributed by atoms with Crippen molar-refractivity contribution < 1.29 is 9.90 Å². The Morgan fingerprint density at radius 3 is 2.71 bits per heavy atom. The third kappa shape index (κ3) is 4.17. The first-order valence-corrected chi connectivity index (χ1v) is 12.1. The number of para-hydroxylation sites is 1. The monoisotopic (exact) mass is 419 g/mol. The molecule has 2 aliphatic carbocycles. The number of carbonyl (C=O) groups excluding carboxylic acids is 1. The number of aliphatic hydroxyl groups is 1. The van der Waals surface area contributed by atoms with Gasteiger partial charge >= 0.3 is 0 Å². The summed E-state index contributed by atoms with van der Waals surface area (Å²) in [5.41, 5.74) is 10.9. The maximum absolute atomic E-state index is 13.0. The quantitative estimate of drug-likeness (QED) is 0.445. The largest absolute Gasteiger partial charge is 0.398 e. The standard InChI is InChI=1S/C28H37NO2/c1-3-14-27(31)15-16-28(4-2)23(19-27)10-7-9-20-17-22(12-13-24(20)28)26(30)18-21-8-5-6-11-25(21)29/h5-6,8,11-13,17,23,31H,3-4,7,9-10,14-16,18-19,29H2,1-2H3/t23-,27+,28+/m0/s1. The highest BCUT2D eigenvalue weighted by molar-refractivity contribution is 5.98. The number of carbonyl (C=O) groups is 1. The topological polar surface area (TPSA) is 63.3 Å². The molecule has 0 amide bonds. The Bertz CT molecular complexity index is 952. The summed E-state index contributed by atoms with van der Waals surface area (Å²) in [6, 6.07) is 14.1. The van der Waals surface area contributed by atoms with Gasteiger partial charge in [0, 0.05) is 17.7 Å². The van der Waals surface area contributed by atoms with Gasteiger partial charge in [-0.15, -0.1) is 0 Å². The fraction of sp³-hybridized carbons (Fsp3) is 0.536. The van der Waals surface area contributed by atoms with Crippen LogP contribution in [0.5, 0.6) is 0 Å². The molecule has 4 rings (SSSR count). The smallest absolute Gasteiger partial charge is 0.167 e. The van der Waals surface area contributed by atoms with E-state index in [1.807, 2.05) is 30.3 Å². The van der Waals surface area contributed by atoms with E-state index in [9.17, 15) is 9.90 Å². The molecule has 3 N–H and O–H groups in total. The van der Waals surface area contributed by atoms with E-state index in [0.29, 0.717) is 18.0 Å². The second kappa shape index (κ2) is 8.78. The van der Waals surface area contributed by atoms with E-state index in [2.05, 4.69) is 26.0 Å². The van der Waals surface area contributed by atoms with Crippen molar-refractivity contribution in [2.75, 3.05) is 5.73 Å². The first-order valence-electron chi connectivity index (χ1n) is 12.1. The van der Waals surface area contributed by atoms with Crippen LogP contribution in [0.25, 0.3) is 0 Å². The Morgan fingerprint density at radius 2 is 1.97 bits per heavy atom. The van der Waals surface area contributed by atoms with Gasteiger partial charge in [-0.3, -0.25) is 4.79 Å². The summed E-state index contributed by atoms with van der Waals surface area (Å²) in [5.74, 6) is 0.655. The first-order chi connectivity index (χ1) is 14.9. The molecule has 2 aliphatic rings. The zero-order valence-electron chi connectivity index (χ0n) is 19.1. The van der Waals surface area contributed by atoms with E-state index in [4.69, 9.17) is 5.73 Å². The van der Waals surface area contributed by atoms with Crippen molar-refractivity contribution in [2.45, 2.75) is 89.1 Å². The summed E-state index contributed by atoms with van der Waals surface area (Å²) in [5, 5.41) is 11.2. The molecule has 1 saturated carbocycles. The average molecular weight is 420 g/mol. The molecule has 0 saturated heterocycles. The summed E-state index contributed by atoms with van der Waals surface area (Å²) >= 11 is 0. The lowest BCUT2D eigenvalue weighted by Gasteiger charge is -2.50. The predicted molar refractivity (Wildman–Crippen MR) is 127 cm³/mol. The molecule has 31 heavy (non-hydrogen) atoms. The lowest BCUT2D eigenvalue weighted by molar-refractivity contribution is -0.0542. The number of hydrogen-bond donors (Lipinski definition) is 2. The molecule has 3 atom stereocenters. The molecule has 0 spiro atoms. The minimum Gasteiger partial charge on any atom is -0.398 e. The molecular weight excluding hydrogens is 382 g/mol. The number of rotatable bonds is 6. The molecule has 0 bridgehead atoms. The molecule has 0 aliphatic heterocycles. The van der Waals surface area contributed by atoms with Crippen LogP contribution < -0.4 is 5.73 Å². The van der Waals surface area contributed by atoms with Crippen LogP contribution in [0, 0.1) is 5.92 Å². The second-order valence-electron chi connectivity index (χ2n) is 9.95.